The summed E-state index contributed by atoms with van der Waals surface area (Å²) in [6, 6.07) is 10.5. The zero-order valence-electron chi connectivity index (χ0n) is 6.90. The first kappa shape index (κ1) is 7.80. The minimum atomic E-state index is 0.182. The molecule has 0 heterocycles. The second-order valence-corrected chi connectivity index (χ2v) is 2.87. The fourth-order valence-electron chi connectivity index (χ4n) is 1.39. The number of phenols is 1. The predicted octanol–water partition coefficient (Wildman–Crippen LogP) is 2.36. The van der Waals surface area contributed by atoms with Crippen molar-refractivity contribution >= 4 is 17.1 Å². The molecule has 0 radical (unpaired) electrons. The summed E-state index contributed by atoms with van der Waals surface area (Å²) in [5, 5.41) is 11.0. The molecule has 0 unspecified atom stereocenters. The van der Waals surface area contributed by atoms with E-state index in [9.17, 15) is 9.90 Å². The Kier molecular flexibility index (Phi) is 1.74. The van der Waals surface area contributed by atoms with Crippen LogP contribution in [0.15, 0.2) is 36.4 Å². The second kappa shape index (κ2) is 2.90. The van der Waals surface area contributed by atoms with Gasteiger partial charge in [0.05, 0.1) is 0 Å². The normalized spacial score (nSPS) is 10.2. The number of carbonyl (C=O) groups excluding carboxylic acids is 1. The van der Waals surface area contributed by atoms with Gasteiger partial charge in [-0.2, -0.15) is 0 Å². The maximum absolute atomic E-state index is 10.7. The van der Waals surface area contributed by atoms with Crippen LogP contribution >= 0.6 is 0 Å². The van der Waals surface area contributed by atoms with Gasteiger partial charge in [0.15, 0.2) is 6.29 Å². The zero-order chi connectivity index (χ0) is 9.26. The van der Waals surface area contributed by atoms with Gasteiger partial charge in [-0.05, 0) is 22.9 Å². The summed E-state index contributed by atoms with van der Waals surface area (Å²) in [4.78, 5) is 10.7. The Hall–Kier alpha value is -1.83. The zero-order valence-corrected chi connectivity index (χ0v) is 6.90. The molecule has 13 heavy (non-hydrogen) atoms. The molecule has 2 rings (SSSR count). The molecule has 0 saturated heterocycles. The topological polar surface area (TPSA) is 37.3 Å². The van der Waals surface area contributed by atoms with Crippen LogP contribution in [-0.2, 0) is 0 Å². The lowest BCUT2D eigenvalue weighted by Gasteiger charge is -2.00. The summed E-state index contributed by atoms with van der Waals surface area (Å²) in [7, 11) is 0. The summed E-state index contributed by atoms with van der Waals surface area (Å²) in [6.45, 7) is 0. The Morgan fingerprint density at radius 3 is 2.77 bits per heavy atom. The predicted molar refractivity (Wildman–Crippen MR) is 51.0 cm³/mol. The largest absolute Gasteiger partial charge is 0.508 e. The van der Waals surface area contributed by atoms with Crippen LogP contribution in [0.4, 0.5) is 0 Å². The highest BCUT2D eigenvalue weighted by molar-refractivity contribution is 5.98. The van der Waals surface area contributed by atoms with Crippen LogP contribution < -0.4 is 0 Å². The molecule has 0 aliphatic rings. The summed E-state index contributed by atoms with van der Waals surface area (Å²) in [5.74, 6) is 0.182. The molecule has 2 nitrogen and oxygen atoms in total. The standard InChI is InChI=1S/C11H8O2/c12-7-9-3-1-2-8-4-5-10(13)6-11(8)9/h1-7,13H. The van der Waals surface area contributed by atoms with E-state index in [1.165, 1.54) is 0 Å². The van der Waals surface area contributed by atoms with Crippen molar-refractivity contribution in [1.29, 1.82) is 0 Å². The van der Waals surface area contributed by atoms with E-state index in [4.69, 9.17) is 0 Å². The second-order valence-electron chi connectivity index (χ2n) is 2.87. The lowest BCUT2D eigenvalue weighted by Crippen LogP contribution is -1.82. The molecule has 0 saturated carbocycles. The number of benzene rings is 2. The van der Waals surface area contributed by atoms with Crippen molar-refractivity contribution < 1.29 is 9.90 Å². The quantitative estimate of drug-likeness (QED) is 0.670. The summed E-state index contributed by atoms with van der Waals surface area (Å²) in [6.07, 6.45) is 0.793. The smallest absolute Gasteiger partial charge is 0.150 e. The lowest BCUT2D eigenvalue weighted by molar-refractivity contribution is 0.112. The van der Waals surface area contributed by atoms with Gasteiger partial charge < -0.3 is 5.11 Å². The first-order valence-corrected chi connectivity index (χ1v) is 3.98. The average molecular weight is 172 g/mol. The van der Waals surface area contributed by atoms with E-state index in [-0.39, 0.29) is 5.75 Å². The van der Waals surface area contributed by atoms with Crippen LogP contribution in [0.25, 0.3) is 10.8 Å². The van der Waals surface area contributed by atoms with Crippen LogP contribution in [-0.4, -0.2) is 11.4 Å². The Labute approximate surface area is 75.4 Å². The lowest BCUT2D eigenvalue weighted by atomic mass is 10.1. The van der Waals surface area contributed by atoms with E-state index in [0.29, 0.717) is 5.56 Å². The Balaban J connectivity index is 2.86. The molecule has 0 amide bonds. The number of aromatic hydroxyl groups is 1. The third-order valence-corrected chi connectivity index (χ3v) is 2.03. The molecule has 0 aromatic heterocycles. The summed E-state index contributed by atoms with van der Waals surface area (Å²) >= 11 is 0. The van der Waals surface area contributed by atoms with E-state index < -0.39 is 0 Å². The van der Waals surface area contributed by atoms with Crippen molar-refractivity contribution in [1.82, 2.24) is 0 Å². The van der Waals surface area contributed by atoms with Crippen molar-refractivity contribution in [3.05, 3.63) is 42.0 Å². The maximum Gasteiger partial charge on any atom is 0.150 e. The fraction of sp³-hybridized carbons (Fsp3) is 0. The molecule has 0 atom stereocenters. The number of rotatable bonds is 1. The molecule has 2 aromatic rings. The third kappa shape index (κ3) is 1.26. The molecule has 1 N–H and O–H groups in total. The summed E-state index contributed by atoms with van der Waals surface area (Å²) < 4.78 is 0. The van der Waals surface area contributed by atoms with Gasteiger partial charge in [-0.15, -0.1) is 0 Å². The van der Waals surface area contributed by atoms with Gasteiger partial charge in [0.2, 0.25) is 0 Å². The van der Waals surface area contributed by atoms with Crippen molar-refractivity contribution in [2.75, 3.05) is 0 Å². The molecule has 64 valence electrons. The van der Waals surface area contributed by atoms with Crippen molar-refractivity contribution in [2.24, 2.45) is 0 Å². The number of hydrogen-bond acceptors (Lipinski definition) is 2. The molecule has 0 fully saturated rings. The third-order valence-electron chi connectivity index (χ3n) is 2.03. The molecule has 0 aliphatic heterocycles. The Morgan fingerprint density at radius 2 is 2.00 bits per heavy atom. The minimum Gasteiger partial charge on any atom is -0.508 e. The number of carbonyl (C=O) groups is 1. The van der Waals surface area contributed by atoms with Crippen molar-refractivity contribution in [3.63, 3.8) is 0 Å². The number of phenolic OH excluding ortho intramolecular Hbond substituents is 1. The molecular formula is C11H8O2. The molecule has 2 aromatic carbocycles. The highest BCUT2D eigenvalue weighted by atomic mass is 16.3. The monoisotopic (exact) mass is 172 g/mol. The fourth-order valence-corrected chi connectivity index (χ4v) is 1.39. The number of aldehydes is 1. The highest BCUT2D eigenvalue weighted by Crippen LogP contribution is 2.22. The van der Waals surface area contributed by atoms with E-state index in [2.05, 4.69) is 0 Å². The molecular weight excluding hydrogens is 164 g/mol. The van der Waals surface area contributed by atoms with E-state index in [0.717, 1.165) is 17.1 Å². The minimum absolute atomic E-state index is 0.182. The van der Waals surface area contributed by atoms with E-state index in [1.807, 2.05) is 12.1 Å². The maximum atomic E-state index is 10.7. The first-order valence-electron chi connectivity index (χ1n) is 3.98. The van der Waals surface area contributed by atoms with Crippen LogP contribution in [0.5, 0.6) is 5.75 Å². The SMILES string of the molecule is O=Cc1cccc2ccc(O)cc12. The average Bonchev–Trinajstić information content (AvgIpc) is 2.17. The van der Waals surface area contributed by atoms with Crippen LogP contribution in [0.1, 0.15) is 10.4 Å². The molecule has 0 spiro atoms. The van der Waals surface area contributed by atoms with Crippen LogP contribution in [0.2, 0.25) is 0 Å². The van der Waals surface area contributed by atoms with Crippen LogP contribution in [0, 0.1) is 0 Å². The highest BCUT2D eigenvalue weighted by Gasteiger charge is 1.99. The van der Waals surface area contributed by atoms with Gasteiger partial charge >= 0.3 is 0 Å². The van der Waals surface area contributed by atoms with Crippen molar-refractivity contribution in [3.8, 4) is 5.75 Å². The van der Waals surface area contributed by atoms with Gasteiger partial charge in [-0.1, -0.05) is 24.3 Å². The van der Waals surface area contributed by atoms with Gasteiger partial charge in [0, 0.05) is 5.56 Å². The number of fused-ring (bicyclic) bond motifs is 1. The Morgan fingerprint density at radius 1 is 1.15 bits per heavy atom. The van der Waals surface area contributed by atoms with Crippen molar-refractivity contribution in [2.45, 2.75) is 0 Å². The first-order chi connectivity index (χ1) is 6.31. The van der Waals surface area contributed by atoms with Crippen LogP contribution in [0.3, 0.4) is 0 Å². The molecule has 0 bridgehead atoms. The Bertz CT molecular complexity index is 461. The molecule has 0 aliphatic carbocycles. The van der Waals surface area contributed by atoms with Gasteiger partial charge in [0.25, 0.3) is 0 Å². The van der Waals surface area contributed by atoms with Gasteiger partial charge in [-0.3, -0.25) is 4.79 Å². The van der Waals surface area contributed by atoms with E-state index in [1.54, 1.807) is 24.3 Å². The van der Waals surface area contributed by atoms with E-state index >= 15 is 0 Å². The molecule has 2 heteroatoms. The van der Waals surface area contributed by atoms with Gasteiger partial charge in [-0.25, -0.2) is 0 Å². The summed E-state index contributed by atoms with van der Waals surface area (Å²) in [5.41, 5.74) is 0.605. The van der Waals surface area contributed by atoms with Gasteiger partial charge in [0.1, 0.15) is 5.75 Å². The number of hydrogen-bond donors (Lipinski definition) is 1.